The van der Waals surface area contributed by atoms with Crippen LogP contribution in [0.2, 0.25) is 0 Å². The highest BCUT2D eigenvalue weighted by atomic mass is 19.1. The third kappa shape index (κ3) is 2.49. The Kier molecular flexibility index (Phi) is 3.50. The van der Waals surface area contributed by atoms with Gasteiger partial charge in [-0.3, -0.25) is 0 Å². The standard InChI is InChI=1S/C10H7FN2O/c11-9-5-8(3-1-2-4-14)7-13-10(9)6-12/h1,3-5,7H,2H2. The van der Waals surface area contributed by atoms with Gasteiger partial charge in [-0.05, 0) is 11.6 Å². The van der Waals surface area contributed by atoms with Gasteiger partial charge in [0, 0.05) is 12.6 Å². The maximum Gasteiger partial charge on any atom is 0.176 e. The van der Waals surface area contributed by atoms with Gasteiger partial charge in [0.05, 0.1) is 0 Å². The summed E-state index contributed by atoms with van der Waals surface area (Å²) in [7, 11) is 0. The number of hydrogen-bond donors (Lipinski definition) is 0. The van der Waals surface area contributed by atoms with Crippen LogP contribution in [0, 0.1) is 17.1 Å². The Morgan fingerprint density at radius 1 is 1.64 bits per heavy atom. The molecule has 0 aromatic carbocycles. The predicted molar refractivity (Wildman–Crippen MR) is 48.6 cm³/mol. The normalized spacial score (nSPS) is 10.0. The zero-order chi connectivity index (χ0) is 10.4. The Hall–Kier alpha value is -2.02. The summed E-state index contributed by atoms with van der Waals surface area (Å²) in [5.74, 6) is -0.652. The minimum Gasteiger partial charge on any atom is -0.303 e. The lowest BCUT2D eigenvalue weighted by molar-refractivity contribution is -0.107. The lowest BCUT2D eigenvalue weighted by Gasteiger charge is -1.94. The Morgan fingerprint density at radius 3 is 3.00 bits per heavy atom. The van der Waals surface area contributed by atoms with Crippen molar-refractivity contribution in [3.8, 4) is 6.07 Å². The zero-order valence-corrected chi connectivity index (χ0v) is 7.27. The number of hydrogen-bond acceptors (Lipinski definition) is 3. The van der Waals surface area contributed by atoms with Crippen LogP contribution in [-0.2, 0) is 4.79 Å². The molecule has 3 nitrogen and oxygen atoms in total. The highest BCUT2D eigenvalue weighted by Crippen LogP contribution is 2.07. The number of aldehydes is 1. The predicted octanol–water partition coefficient (Wildman–Crippen LogP) is 1.69. The summed E-state index contributed by atoms with van der Waals surface area (Å²) in [5, 5.41) is 8.41. The molecule has 0 unspecified atom stereocenters. The second kappa shape index (κ2) is 4.87. The van der Waals surface area contributed by atoms with Crippen LogP contribution < -0.4 is 0 Å². The molecule has 70 valence electrons. The van der Waals surface area contributed by atoms with E-state index in [4.69, 9.17) is 5.26 Å². The van der Waals surface area contributed by atoms with E-state index in [0.29, 0.717) is 5.56 Å². The van der Waals surface area contributed by atoms with Gasteiger partial charge in [0.15, 0.2) is 11.5 Å². The fourth-order valence-corrected chi connectivity index (χ4v) is 0.886. The second-order valence-corrected chi connectivity index (χ2v) is 2.52. The molecule has 1 aromatic rings. The van der Waals surface area contributed by atoms with Gasteiger partial charge in [-0.25, -0.2) is 9.37 Å². The van der Waals surface area contributed by atoms with Gasteiger partial charge in [0.1, 0.15) is 12.4 Å². The van der Waals surface area contributed by atoms with E-state index in [1.807, 2.05) is 0 Å². The Labute approximate surface area is 80.5 Å². The number of pyridine rings is 1. The van der Waals surface area contributed by atoms with E-state index in [2.05, 4.69) is 4.98 Å². The van der Waals surface area contributed by atoms with Crippen LogP contribution in [0.15, 0.2) is 18.3 Å². The van der Waals surface area contributed by atoms with E-state index in [0.717, 1.165) is 6.29 Å². The molecule has 14 heavy (non-hydrogen) atoms. The van der Waals surface area contributed by atoms with Crippen LogP contribution in [0.4, 0.5) is 4.39 Å². The van der Waals surface area contributed by atoms with Gasteiger partial charge in [-0.2, -0.15) is 5.26 Å². The van der Waals surface area contributed by atoms with Crippen molar-refractivity contribution in [1.82, 2.24) is 4.98 Å². The summed E-state index contributed by atoms with van der Waals surface area (Å²) in [4.78, 5) is 13.6. The van der Waals surface area contributed by atoms with Crippen molar-refractivity contribution < 1.29 is 9.18 Å². The minimum absolute atomic E-state index is 0.225. The van der Waals surface area contributed by atoms with Crippen molar-refractivity contribution in [3.63, 3.8) is 0 Å². The van der Waals surface area contributed by atoms with E-state index in [1.54, 1.807) is 18.2 Å². The zero-order valence-electron chi connectivity index (χ0n) is 7.27. The number of nitrogens with zero attached hydrogens (tertiary/aromatic N) is 2. The number of allylic oxidation sites excluding steroid dienone is 1. The van der Waals surface area contributed by atoms with Crippen molar-refractivity contribution in [1.29, 1.82) is 5.26 Å². The number of rotatable bonds is 3. The lowest BCUT2D eigenvalue weighted by atomic mass is 10.2. The van der Waals surface area contributed by atoms with E-state index < -0.39 is 5.82 Å². The van der Waals surface area contributed by atoms with Gasteiger partial charge in [-0.1, -0.05) is 12.2 Å². The Morgan fingerprint density at radius 2 is 2.43 bits per heavy atom. The molecule has 0 fully saturated rings. The molecule has 0 spiro atoms. The fourth-order valence-electron chi connectivity index (χ4n) is 0.886. The summed E-state index contributed by atoms with van der Waals surface area (Å²) >= 11 is 0. The van der Waals surface area contributed by atoms with Gasteiger partial charge in [0.25, 0.3) is 0 Å². The monoisotopic (exact) mass is 190 g/mol. The van der Waals surface area contributed by atoms with E-state index >= 15 is 0 Å². The second-order valence-electron chi connectivity index (χ2n) is 2.52. The van der Waals surface area contributed by atoms with Crippen LogP contribution in [-0.4, -0.2) is 11.3 Å². The number of nitriles is 1. The molecule has 1 rings (SSSR count). The quantitative estimate of drug-likeness (QED) is 0.681. The van der Waals surface area contributed by atoms with Crippen molar-refractivity contribution in [3.05, 3.63) is 35.4 Å². The largest absolute Gasteiger partial charge is 0.303 e. The smallest absolute Gasteiger partial charge is 0.176 e. The highest BCUT2D eigenvalue weighted by Gasteiger charge is 2.01. The van der Waals surface area contributed by atoms with E-state index in [9.17, 15) is 9.18 Å². The SMILES string of the molecule is N#Cc1ncc(C=CCC=O)cc1F. The molecule has 0 radical (unpaired) electrons. The van der Waals surface area contributed by atoms with Crippen LogP contribution >= 0.6 is 0 Å². The number of halogens is 1. The van der Waals surface area contributed by atoms with E-state index in [1.165, 1.54) is 12.3 Å². The highest BCUT2D eigenvalue weighted by molar-refractivity contribution is 5.57. The summed E-state index contributed by atoms with van der Waals surface area (Å²) < 4.78 is 13.0. The Balaban J connectivity index is 2.87. The first-order valence-corrected chi connectivity index (χ1v) is 3.93. The third-order valence-electron chi connectivity index (χ3n) is 1.51. The van der Waals surface area contributed by atoms with Crippen molar-refractivity contribution >= 4 is 12.4 Å². The molecule has 0 aliphatic carbocycles. The first-order valence-electron chi connectivity index (χ1n) is 3.93. The molecule has 0 saturated heterocycles. The molecule has 0 aliphatic heterocycles. The van der Waals surface area contributed by atoms with Crippen LogP contribution in [0.5, 0.6) is 0 Å². The Bertz CT molecular complexity index is 407. The first-order chi connectivity index (χ1) is 6.77. The van der Waals surface area contributed by atoms with Gasteiger partial charge >= 0.3 is 0 Å². The first kappa shape index (κ1) is 10.1. The van der Waals surface area contributed by atoms with Crippen molar-refractivity contribution in [2.45, 2.75) is 6.42 Å². The minimum atomic E-state index is -0.652. The molecule has 0 atom stereocenters. The molecule has 4 heteroatoms. The number of carbonyl (C=O) groups excluding carboxylic acids is 1. The summed E-state index contributed by atoms with van der Waals surface area (Å²) in [6, 6.07) is 2.82. The third-order valence-corrected chi connectivity index (χ3v) is 1.51. The molecule has 1 aromatic heterocycles. The molecule has 1 heterocycles. The van der Waals surface area contributed by atoms with Gasteiger partial charge in [-0.15, -0.1) is 0 Å². The van der Waals surface area contributed by atoms with Crippen molar-refractivity contribution in [2.24, 2.45) is 0 Å². The summed E-state index contributed by atoms with van der Waals surface area (Å²) in [6.45, 7) is 0. The van der Waals surface area contributed by atoms with Gasteiger partial charge < -0.3 is 4.79 Å². The van der Waals surface area contributed by atoms with Crippen LogP contribution in [0.25, 0.3) is 6.08 Å². The molecule has 0 amide bonds. The van der Waals surface area contributed by atoms with Crippen molar-refractivity contribution in [2.75, 3.05) is 0 Å². The topological polar surface area (TPSA) is 53.8 Å². The maximum absolute atomic E-state index is 13.0. The lowest BCUT2D eigenvalue weighted by Crippen LogP contribution is -1.89. The fraction of sp³-hybridized carbons (Fsp3) is 0.100. The molecular formula is C10H7FN2O. The van der Waals surface area contributed by atoms with Crippen LogP contribution in [0.1, 0.15) is 17.7 Å². The number of aromatic nitrogens is 1. The maximum atomic E-state index is 13.0. The summed E-state index contributed by atoms with van der Waals surface area (Å²) in [5.41, 5.74) is 0.306. The number of carbonyl (C=O) groups is 1. The summed E-state index contributed by atoms with van der Waals surface area (Å²) in [6.07, 6.45) is 5.57. The average molecular weight is 190 g/mol. The molecular weight excluding hydrogens is 183 g/mol. The molecule has 0 saturated carbocycles. The van der Waals surface area contributed by atoms with Crippen LogP contribution in [0.3, 0.4) is 0 Å². The molecule has 0 N–H and O–H groups in total. The molecule has 0 aliphatic rings. The van der Waals surface area contributed by atoms with E-state index in [-0.39, 0.29) is 12.1 Å². The average Bonchev–Trinajstić information content (AvgIpc) is 2.18. The molecule has 0 bridgehead atoms. The van der Waals surface area contributed by atoms with Gasteiger partial charge in [0.2, 0.25) is 0 Å².